The van der Waals surface area contributed by atoms with Crippen LogP contribution < -0.4 is 0 Å². The number of rotatable bonds is 2. The zero-order valence-corrected chi connectivity index (χ0v) is 8.27. The van der Waals surface area contributed by atoms with Crippen molar-refractivity contribution in [1.29, 1.82) is 0 Å². The highest BCUT2D eigenvalue weighted by Gasteiger charge is 2.24. The molecule has 0 aliphatic rings. The highest BCUT2D eigenvalue weighted by Crippen LogP contribution is 2.28. The summed E-state index contributed by atoms with van der Waals surface area (Å²) in [7, 11) is 0. The molecule has 0 bridgehead atoms. The number of terminal acetylenes is 1. The summed E-state index contributed by atoms with van der Waals surface area (Å²) in [5.41, 5.74) is 1.61. The molecule has 0 spiro atoms. The summed E-state index contributed by atoms with van der Waals surface area (Å²) >= 11 is 0. The van der Waals surface area contributed by atoms with Crippen LogP contribution in [0.4, 0.5) is 8.78 Å². The summed E-state index contributed by atoms with van der Waals surface area (Å²) in [6, 6.07) is 4.78. The molecular formula is C12H12F2. The Hall–Kier alpha value is -1.36. The Balaban J connectivity index is 3.15. The molecule has 0 fully saturated rings. The minimum absolute atomic E-state index is 0.0303. The van der Waals surface area contributed by atoms with E-state index in [0.29, 0.717) is 6.42 Å². The predicted octanol–water partition coefficient (Wildman–Crippen LogP) is 3.28. The topological polar surface area (TPSA) is 0 Å². The van der Waals surface area contributed by atoms with Crippen LogP contribution in [0.1, 0.15) is 23.6 Å². The molecular weight excluding hydrogens is 182 g/mol. The SMILES string of the molecule is C#CCc1cc(C)cc(C(C)(F)F)c1. The maximum atomic E-state index is 13.0. The maximum Gasteiger partial charge on any atom is 0.270 e. The Kier molecular flexibility index (Phi) is 2.90. The van der Waals surface area contributed by atoms with E-state index < -0.39 is 5.92 Å². The lowest BCUT2D eigenvalue weighted by Gasteiger charge is -2.12. The largest absolute Gasteiger partial charge is 0.270 e. The number of benzene rings is 1. The summed E-state index contributed by atoms with van der Waals surface area (Å²) in [4.78, 5) is 0. The van der Waals surface area contributed by atoms with E-state index in [1.807, 2.05) is 6.07 Å². The summed E-state index contributed by atoms with van der Waals surface area (Å²) < 4.78 is 26.0. The first-order chi connectivity index (χ1) is 6.43. The average molecular weight is 194 g/mol. The molecule has 0 aromatic heterocycles. The third kappa shape index (κ3) is 2.56. The quantitative estimate of drug-likeness (QED) is 0.634. The van der Waals surface area contributed by atoms with Gasteiger partial charge >= 0.3 is 0 Å². The predicted molar refractivity (Wildman–Crippen MR) is 53.3 cm³/mol. The molecule has 74 valence electrons. The number of halogens is 2. The molecule has 0 saturated carbocycles. The third-order valence-electron chi connectivity index (χ3n) is 1.95. The number of alkyl halides is 2. The van der Waals surface area contributed by atoms with E-state index in [1.165, 1.54) is 12.1 Å². The van der Waals surface area contributed by atoms with Crippen molar-refractivity contribution in [2.24, 2.45) is 0 Å². The Morgan fingerprint density at radius 2 is 2.00 bits per heavy atom. The second-order valence-corrected chi connectivity index (χ2v) is 3.48. The highest BCUT2D eigenvalue weighted by atomic mass is 19.3. The van der Waals surface area contributed by atoms with Crippen molar-refractivity contribution in [1.82, 2.24) is 0 Å². The van der Waals surface area contributed by atoms with Gasteiger partial charge in [-0.2, -0.15) is 0 Å². The molecule has 0 N–H and O–H groups in total. The van der Waals surface area contributed by atoms with Crippen LogP contribution in [0, 0.1) is 19.3 Å². The van der Waals surface area contributed by atoms with Gasteiger partial charge in [-0.05, 0) is 18.6 Å². The molecule has 0 aliphatic carbocycles. The molecule has 0 unspecified atom stereocenters. The number of hydrogen-bond donors (Lipinski definition) is 0. The zero-order valence-electron chi connectivity index (χ0n) is 8.27. The molecule has 0 nitrogen and oxygen atoms in total. The van der Waals surface area contributed by atoms with Gasteiger partial charge in [-0.25, -0.2) is 8.78 Å². The van der Waals surface area contributed by atoms with Gasteiger partial charge in [0.05, 0.1) is 0 Å². The van der Waals surface area contributed by atoms with Gasteiger partial charge in [-0.3, -0.25) is 0 Å². The van der Waals surface area contributed by atoms with Crippen LogP contribution in [0.15, 0.2) is 18.2 Å². The Bertz CT molecular complexity index is 367. The van der Waals surface area contributed by atoms with Crippen LogP contribution in [0.5, 0.6) is 0 Å². The average Bonchev–Trinajstić information content (AvgIpc) is 2.02. The van der Waals surface area contributed by atoms with Crippen molar-refractivity contribution >= 4 is 0 Å². The van der Waals surface area contributed by atoms with Gasteiger partial charge in [-0.1, -0.05) is 17.7 Å². The Morgan fingerprint density at radius 3 is 2.50 bits per heavy atom. The molecule has 0 radical (unpaired) electrons. The van der Waals surface area contributed by atoms with Gasteiger partial charge in [-0.15, -0.1) is 12.3 Å². The van der Waals surface area contributed by atoms with Crippen LogP contribution in [0.2, 0.25) is 0 Å². The monoisotopic (exact) mass is 194 g/mol. The fraction of sp³-hybridized carbons (Fsp3) is 0.333. The highest BCUT2D eigenvalue weighted by molar-refractivity contribution is 5.33. The lowest BCUT2D eigenvalue weighted by molar-refractivity contribution is 0.0173. The van der Waals surface area contributed by atoms with Crippen LogP contribution >= 0.6 is 0 Å². The summed E-state index contributed by atoms with van der Waals surface area (Å²) in [5, 5.41) is 0. The molecule has 0 heterocycles. The van der Waals surface area contributed by atoms with E-state index in [-0.39, 0.29) is 5.56 Å². The Labute approximate surface area is 83.0 Å². The van der Waals surface area contributed by atoms with Gasteiger partial charge in [0.15, 0.2) is 0 Å². The third-order valence-corrected chi connectivity index (χ3v) is 1.95. The summed E-state index contributed by atoms with van der Waals surface area (Å²) in [6.45, 7) is 2.68. The van der Waals surface area contributed by atoms with E-state index in [4.69, 9.17) is 6.42 Å². The molecule has 2 heteroatoms. The minimum Gasteiger partial charge on any atom is -0.202 e. The zero-order chi connectivity index (χ0) is 10.8. The van der Waals surface area contributed by atoms with Gasteiger partial charge in [0.2, 0.25) is 0 Å². The van der Waals surface area contributed by atoms with Crippen LogP contribution in [-0.4, -0.2) is 0 Å². The second kappa shape index (κ2) is 3.79. The number of aryl methyl sites for hydroxylation is 1. The van der Waals surface area contributed by atoms with Crippen molar-refractivity contribution in [2.45, 2.75) is 26.2 Å². The first-order valence-corrected chi connectivity index (χ1v) is 4.36. The fourth-order valence-corrected chi connectivity index (χ4v) is 1.34. The lowest BCUT2D eigenvalue weighted by atomic mass is 10.0. The standard InChI is InChI=1S/C12H12F2/c1-4-5-10-6-9(2)7-11(8-10)12(3,13)14/h1,6-8H,5H2,2-3H3. The second-order valence-electron chi connectivity index (χ2n) is 3.48. The molecule has 0 atom stereocenters. The van der Waals surface area contributed by atoms with Crippen molar-refractivity contribution in [3.05, 3.63) is 34.9 Å². The van der Waals surface area contributed by atoms with Crippen LogP contribution in [0.3, 0.4) is 0 Å². The van der Waals surface area contributed by atoms with E-state index in [1.54, 1.807) is 6.92 Å². The molecule has 1 aromatic carbocycles. The van der Waals surface area contributed by atoms with Crippen LogP contribution in [-0.2, 0) is 12.3 Å². The minimum atomic E-state index is -2.80. The van der Waals surface area contributed by atoms with Crippen molar-refractivity contribution in [2.75, 3.05) is 0 Å². The van der Waals surface area contributed by atoms with Crippen LogP contribution in [0.25, 0.3) is 0 Å². The van der Waals surface area contributed by atoms with Crippen molar-refractivity contribution in [3.8, 4) is 12.3 Å². The van der Waals surface area contributed by atoms with E-state index in [0.717, 1.165) is 18.1 Å². The van der Waals surface area contributed by atoms with Crippen molar-refractivity contribution < 1.29 is 8.78 Å². The smallest absolute Gasteiger partial charge is 0.202 e. The van der Waals surface area contributed by atoms with Gasteiger partial charge in [0.25, 0.3) is 5.92 Å². The fourth-order valence-electron chi connectivity index (χ4n) is 1.34. The Morgan fingerprint density at radius 1 is 1.36 bits per heavy atom. The molecule has 0 saturated heterocycles. The first-order valence-electron chi connectivity index (χ1n) is 4.36. The molecule has 1 aromatic rings. The van der Waals surface area contributed by atoms with E-state index in [9.17, 15) is 8.78 Å². The van der Waals surface area contributed by atoms with Gasteiger partial charge < -0.3 is 0 Å². The molecule has 0 amide bonds. The normalized spacial score (nSPS) is 11.1. The number of hydrogen-bond acceptors (Lipinski definition) is 0. The summed E-state index contributed by atoms with van der Waals surface area (Å²) in [5.74, 6) is -0.351. The van der Waals surface area contributed by atoms with E-state index in [2.05, 4.69) is 5.92 Å². The molecule has 0 aliphatic heterocycles. The van der Waals surface area contributed by atoms with Gasteiger partial charge in [0.1, 0.15) is 0 Å². The molecule has 14 heavy (non-hydrogen) atoms. The molecule has 1 rings (SSSR count). The van der Waals surface area contributed by atoms with Gasteiger partial charge in [0, 0.05) is 18.9 Å². The lowest BCUT2D eigenvalue weighted by Crippen LogP contribution is -2.07. The summed E-state index contributed by atoms with van der Waals surface area (Å²) in [6.07, 6.45) is 5.53. The first kappa shape index (κ1) is 10.7. The van der Waals surface area contributed by atoms with E-state index >= 15 is 0 Å². The maximum absolute atomic E-state index is 13.0. The van der Waals surface area contributed by atoms with Crippen molar-refractivity contribution in [3.63, 3.8) is 0 Å².